The van der Waals surface area contributed by atoms with Crippen molar-refractivity contribution in [1.82, 2.24) is 16.0 Å². The number of methoxy groups -OCH3 is 1. The number of ketones is 2. The zero-order valence-corrected chi connectivity index (χ0v) is 62.8. The number of ether oxygens (including phenoxy) is 11. The first-order valence-electron chi connectivity index (χ1n) is 38.7. The molecule has 3 saturated heterocycles. The summed E-state index contributed by atoms with van der Waals surface area (Å²) in [4.78, 5) is 90.0. The van der Waals surface area contributed by atoms with Gasteiger partial charge in [-0.3, -0.25) is 28.8 Å². The lowest BCUT2D eigenvalue weighted by Crippen LogP contribution is -2.55. The number of rotatable bonds is 62. The van der Waals surface area contributed by atoms with E-state index >= 15 is 0 Å². The largest absolute Gasteiger partial charge is 0.466 e. The number of carbonyl (C=O) groups excluding carboxylic acids is 7. The van der Waals surface area contributed by atoms with Crippen LogP contribution in [0.25, 0.3) is 0 Å². The normalized spacial score (nSPS) is 25.4. The summed E-state index contributed by atoms with van der Waals surface area (Å²) in [6, 6.07) is 0. The Labute approximate surface area is 616 Å². The quantitative estimate of drug-likeness (QED) is 0.0225. The molecule has 0 spiro atoms. The van der Waals surface area contributed by atoms with Gasteiger partial charge >= 0.3 is 18.0 Å². The van der Waals surface area contributed by atoms with Crippen LogP contribution in [0.5, 0.6) is 0 Å². The highest BCUT2D eigenvalue weighted by Gasteiger charge is 2.45. The number of nitrogens with one attached hydrogen (secondary N) is 3. The van der Waals surface area contributed by atoms with E-state index in [9.17, 15) is 79.5 Å². The fourth-order valence-electron chi connectivity index (χ4n) is 13.0. The van der Waals surface area contributed by atoms with Gasteiger partial charge in [0.15, 0.2) is 18.9 Å². The van der Waals surface area contributed by atoms with Gasteiger partial charge in [0.05, 0.1) is 97.6 Å². The molecule has 606 valence electrons. The van der Waals surface area contributed by atoms with E-state index in [1.165, 1.54) is 0 Å². The minimum absolute atomic E-state index is 0.0200. The molecular weight excluding hydrogens is 1360 g/mol. The maximum absolute atomic E-state index is 13.8. The predicted octanol–water partition coefficient (Wildman–Crippen LogP) is 4.58. The second kappa shape index (κ2) is 57.0. The molecular formula is C74H133N3O27. The fourth-order valence-corrected chi connectivity index (χ4v) is 13.0. The van der Waals surface area contributed by atoms with Crippen LogP contribution in [0, 0.1) is 23.2 Å². The second-order valence-electron chi connectivity index (χ2n) is 28.3. The summed E-state index contributed by atoms with van der Waals surface area (Å²) >= 11 is 0. The molecule has 3 aliphatic rings. The standard InChI is InChI=1S/C74H133N3O27/c1-52-64(87)67(90)57(49-78)102-70(52)98-39-20-27-55(81)26-14-8-5-13-19-38-77-73(93)101-44-25-35-74(48-56(82)32-45-95-47-46-94-4,33-23-42-96-62(85)30-15-9-6-11-17-36-75-60(83)28-21-40-99-71-53(2)65(88)68(91)58(50-79)103-71)34-24-43-97-63(86)31-16-10-7-12-18-37-76-61(84)29-22-41-100-72-54(3)66(89)69(92)59(51-80)104-72/h52-54,57-59,64-72,78-80,87-92H,5-51H2,1-4H3,(H,75,83)(H,76,84)(H,77,93). The Morgan fingerprint density at radius 1 is 0.356 bits per heavy atom. The number of alkyl carbamates (subject to hydrolysis) is 1. The van der Waals surface area contributed by atoms with E-state index in [4.69, 9.17) is 52.1 Å². The van der Waals surface area contributed by atoms with Crippen molar-refractivity contribution < 1.29 is 132 Å². The summed E-state index contributed by atoms with van der Waals surface area (Å²) in [5, 5.41) is 97.9. The first-order valence-corrected chi connectivity index (χ1v) is 38.7. The summed E-state index contributed by atoms with van der Waals surface area (Å²) in [5.41, 5.74) is -0.619. The molecule has 3 heterocycles. The molecule has 3 amide bonds. The van der Waals surface area contributed by atoms with Gasteiger partial charge in [-0.1, -0.05) is 78.6 Å². The molecule has 3 aliphatic heterocycles. The SMILES string of the molecule is COCCOCCC(=O)CC(CCCOC(=O)CCCCCCCNC(=O)CCCOC1OC(CO)C(O)C(O)C1C)(CCCOC(=O)CCCCCCCNC(=O)CCCOC1OC(CO)C(O)C(O)C1C)CCCOC(=O)NCCCCCCCC(=O)CCCOC1OC(CO)C(O)C(O)C1C. The van der Waals surface area contributed by atoms with Gasteiger partial charge in [0.1, 0.15) is 48.2 Å². The van der Waals surface area contributed by atoms with Crippen molar-refractivity contribution >= 4 is 41.4 Å². The van der Waals surface area contributed by atoms with E-state index in [0.717, 1.165) is 83.5 Å². The van der Waals surface area contributed by atoms with E-state index in [1.54, 1.807) is 27.9 Å². The van der Waals surface area contributed by atoms with Crippen molar-refractivity contribution in [2.45, 2.75) is 300 Å². The lowest BCUT2D eigenvalue weighted by atomic mass is 9.71. The molecule has 30 heteroatoms. The zero-order valence-electron chi connectivity index (χ0n) is 62.8. The summed E-state index contributed by atoms with van der Waals surface area (Å²) in [6.07, 6.45) is 5.33. The first-order chi connectivity index (χ1) is 50.1. The van der Waals surface area contributed by atoms with Crippen LogP contribution in [-0.4, -0.2) is 267 Å². The van der Waals surface area contributed by atoms with Crippen molar-refractivity contribution in [2.24, 2.45) is 23.2 Å². The topological polar surface area (TPSA) is 439 Å². The lowest BCUT2D eigenvalue weighted by molar-refractivity contribution is -0.282. The molecule has 0 radical (unpaired) electrons. The summed E-state index contributed by atoms with van der Waals surface area (Å²) in [5.74, 6) is -2.32. The third-order valence-corrected chi connectivity index (χ3v) is 19.6. The van der Waals surface area contributed by atoms with Gasteiger partial charge in [-0.25, -0.2) is 4.79 Å². The Bertz CT molecular complexity index is 2080. The summed E-state index contributed by atoms with van der Waals surface area (Å²) < 4.78 is 61.6. The number of hydrogen-bond acceptors (Lipinski definition) is 27. The molecule has 0 saturated carbocycles. The molecule has 12 N–H and O–H groups in total. The average Bonchev–Trinajstić information content (AvgIpc) is 0.836. The molecule has 0 aliphatic carbocycles. The Morgan fingerprint density at radius 2 is 0.712 bits per heavy atom. The van der Waals surface area contributed by atoms with Crippen LogP contribution in [0.2, 0.25) is 0 Å². The van der Waals surface area contributed by atoms with Crippen molar-refractivity contribution in [3.05, 3.63) is 0 Å². The average molecular weight is 1500 g/mol. The van der Waals surface area contributed by atoms with Crippen molar-refractivity contribution in [3.8, 4) is 0 Å². The minimum atomic E-state index is -1.21. The molecule has 104 heavy (non-hydrogen) atoms. The van der Waals surface area contributed by atoms with E-state index in [0.29, 0.717) is 116 Å². The number of Topliss-reactive ketones (excluding diaryl/α,β-unsaturated/α-hetero) is 2. The van der Waals surface area contributed by atoms with Gasteiger partial charge in [-0.15, -0.1) is 0 Å². The van der Waals surface area contributed by atoms with Crippen LogP contribution in [0.4, 0.5) is 4.79 Å². The highest BCUT2D eigenvalue weighted by Crippen LogP contribution is 2.40. The van der Waals surface area contributed by atoms with Gasteiger partial charge in [-0.2, -0.15) is 0 Å². The highest BCUT2D eigenvalue weighted by atomic mass is 16.7. The van der Waals surface area contributed by atoms with E-state index < -0.39 is 123 Å². The molecule has 0 aromatic rings. The molecule has 15 atom stereocenters. The van der Waals surface area contributed by atoms with Crippen molar-refractivity contribution in [1.29, 1.82) is 0 Å². The summed E-state index contributed by atoms with van der Waals surface area (Å²) in [7, 11) is 1.56. The van der Waals surface area contributed by atoms with Crippen LogP contribution >= 0.6 is 0 Å². The number of aliphatic hydroxyl groups is 9. The van der Waals surface area contributed by atoms with Gasteiger partial charge in [0.25, 0.3) is 0 Å². The van der Waals surface area contributed by atoms with Gasteiger partial charge in [0, 0.05) is 95.9 Å². The highest BCUT2D eigenvalue weighted by molar-refractivity contribution is 5.79. The van der Waals surface area contributed by atoms with Gasteiger partial charge in [-0.05, 0) is 102 Å². The molecule has 0 aromatic heterocycles. The smallest absolute Gasteiger partial charge is 0.407 e. The number of hydrogen-bond donors (Lipinski definition) is 12. The Balaban J connectivity index is 1.42. The van der Waals surface area contributed by atoms with Crippen LogP contribution in [0.15, 0.2) is 0 Å². The third kappa shape index (κ3) is 39.8. The van der Waals surface area contributed by atoms with Crippen LogP contribution in [0.1, 0.15) is 226 Å². The second-order valence-corrected chi connectivity index (χ2v) is 28.3. The molecule has 0 aromatic carbocycles. The van der Waals surface area contributed by atoms with E-state index in [2.05, 4.69) is 16.0 Å². The summed E-state index contributed by atoms with van der Waals surface area (Å²) in [6.45, 7) is 7.00. The van der Waals surface area contributed by atoms with Gasteiger partial charge < -0.3 is 114 Å². The van der Waals surface area contributed by atoms with Gasteiger partial charge in [0.2, 0.25) is 11.8 Å². The Morgan fingerprint density at radius 3 is 1.12 bits per heavy atom. The Kier molecular flexibility index (Phi) is 51.5. The predicted molar refractivity (Wildman–Crippen MR) is 379 cm³/mol. The molecule has 3 fully saturated rings. The monoisotopic (exact) mass is 1500 g/mol. The van der Waals surface area contributed by atoms with Crippen molar-refractivity contribution in [2.75, 3.05) is 106 Å². The molecule has 30 nitrogen and oxygen atoms in total. The molecule has 0 bridgehead atoms. The van der Waals surface area contributed by atoms with E-state index in [-0.39, 0.29) is 120 Å². The maximum atomic E-state index is 13.8. The fraction of sp³-hybridized carbons (Fsp3) is 0.905. The number of amides is 3. The number of esters is 2. The number of aliphatic hydroxyl groups excluding tert-OH is 9. The Hall–Kier alpha value is -4.19. The first kappa shape index (κ1) is 94.0. The number of carbonyl (C=O) groups is 7. The maximum Gasteiger partial charge on any atom is 0.407 e. The van der Waals surface area contributed by atoms with Crippen LogP contribution in [-0.2, 0) is 80.9 Å². The number of unbranched alkanes of at least 4 members (excludes halogenated alkanes) is 12. The molecule has 3 rings (SSSR count). The van der Waals surface area contributed by atoms with Crippen LogP contribution in [0.3, 0.4) is 0 Å². The lowest BCUT2D eigenvalue weighted by Gasteiger charge is -2.40. The third-order valence-electron chi connectivity index (χ3n) is 19.6. The van der Waals surface area contributed by atoms with E-state index in [1.807, 2.05) is 0 Å². The zero-order chi connectivity index (χ0) is 76.3. The minimum Gasteiger partial charge on any atom is -0.466 e. The van der Waals surface area contributed by atoms with Crippen LogP contribution < -0.4 is 16.0 Å². The molecule has 15 unspecified atom stereocenters. The van der Waals surface area contributed by atoms with Crippen molar-refractivity contribution in [3.63, 3.8) is 0 Å².